The number of nitrogen functional groups attached to an aromatic ring is 1. The highest BCUT2D eigenvalue weighted by atomic mass is 15.0. The van der Waals surface area contributed by atoms with Gasteiger partial charge >= 0.3 is 0 Å². The third-order valence-corrected chi connectivity index (χ3v) is 2.86. The molecular formula is C15H18N2. The summed E-state index contributed by atoms with van der Waals surface area (Å²) >= 11 is 0. The first-order chi connectivity index (χ1) is 8.08. The van der Waals surface area contributed by atoms with Crippen molar-refractivity contribution in [3.05, 3.63) is 60.2 Å². The summed E-state index contributed by atoms with van der Waals surface area (Å²) in [5.41, 5.74) is 8.72. The normalized spacial score (nSPS) is 11.2. The maximum atomic E-state index is 5.70. The Morgan fingerprint density at radius 1 is 0.882 bits per heavy atom. The zero-order chi connectivity index (χ0) is 12.3. The Kier molecular flexibility index (Phi) is 3.05. The lowest BCUT2D eigenvalue weighted by Gasteiger charge is -2.28. The maximum absolute atomic E-state index is 5.70. The smallest absolute Gasteiger partial charge is 0.0569 e. The fraction of sp³-hybridized carbons (Fsp3) is 0.200. The van der Waals surface area contributed by atoms with Gasteiger partial charge in [-0.2, -0.15) is 0 Å². The summed E-state index contributed by atoms with van der Waals surface area (Å²) in [5.74, 6) is 0. The molecule has 0 unspecified atom stereocenters. The van der Waals surface area contributed by atoms with Crippen molar-refractivity contribution in [3.63, 3.8) is 0 Å². The number of benzene rings is 2. The minimum atomic E-state index is -0.116. The number of nitrogens with one attached hydrogen (secondary N) is 1. The molecule has 0 saturated carbocycles. The summed E-state index contributed by atoms with van der Waals surface area (Å²) in [6, 6.07) is 18.2. The van der Waals surface area contributed by atoms with E-state index in [1.165, 1.54) is 5.56 Å². The second-order valence-corrected chi connectivity index (χ2v) is 4.74. The molecule has 2 aromatic rings. The zero-order valence-corrected chi connectivity index (χ0v) is 10.3. The van der Waals surface area contributed by atoms with Crippen molar-refractivity contribution in [2.24, 2.45) is 0 Å². The van der Waals surface area contributed by atoms with Crippen LogP contribution in [0.4, 0.5) is 11.4 Å². The van der Waals surface area contributed by atoms with Crippen LogP contribution in [0.25, 0.3) is 0 Å². The van der Waals surface area contributed by atoms with Crippen molar-refractivity contribution in [3.8, 4) is 0 Å². The Hall–Kier alpha value is -1.96. The Bertz CT molecular complexity index is 472. The fourth-order valence-corrected chi connectivity index (χ4v) is 1.85. The number of hydrogen-bond acceptors (Lipinski definition) is 2. The van der Waals surface area contributed by atoms with Crippen LogP contribution in [0.5, 0.6) is 0 Å². The predicted molar refractivity (Wildman–Crippen MR) is 73.9 cm³/mol. The van der Waals surface area contributed by atoms with Gasteiger partial charge in [-0.15, -0.1) is 0 Å². The molecule has 0 aliphatic heterocycles. The summed E-state index contributed by atoms with van der Waals surface area (Å²) in [6.45, 7) is 4.32. The first-order valence-corrected chi connectivity index (χ1v) is 5.77. The summed E-state index contributed by atoms with van der Waals surface area (Å²) in [5, 5.41) is 3.51. The quantitative estimate of drug-likeness (QED) is 0.784. The molecule has 88 valence electrons. The third-order valence-electron chi connectivity index (χ3n) is 2.86. The van der Waals surface area contributed by atoms with E-state index in [2.05, 4.69) is 43.4 Å². The van der Waals surface area contributed by atoms with Gasteiger partial charge in [-0.05, 0) is 43.7 Å². The molecule has 2 rings (SSSR count). The van der Waals surface area contributed by atoms with Crippen LogP contribution in [0.3, 0.4) is 0 Å². The number of para-hydroxylation sites is 1. The molecule has 0 heterocycles. The SMILES string of the molecule is CC(C)(Nc1ccccc1)c1ccc(N)cc1. The van der Waals surface area contributed by atoms with Gasteiger partial charge in [0.25, 0.3) is 0 Å². The van der Waals surface area contributed by atoms with Crippen molar-refractivity contribution >= 4 is 11.4 Å². The van der Waals surface area contributed by atoms with E-state index < -0.39 is 0 Å². The third kappa shape index (κ3) is 2.78. The second kappa shape index (κ2) is 4.50. The van der Waals surface area contributed by atoms with Crippen LogP contribution in [0, 0.1) is 0 Å². The van der Waals surface area contributed by atoms with E-state index in [9.17, 15) is 0 Å². The fourth-order valence-electron chi connectivity index (χ4n) is 1.85. The van der Waals surface area contributed by atoms with Gasteiger partial charge in [0, 0.05) is 11.4 Å². The molecule has 0 saturated heterocycles. The number of rotatable bonds is 3. The van der Waals surface area contributed by atoms with Gasteiger partial charge in [0.05, 0.1) is 5.54 Å². The molecule has 0 bridgehead atoms. The lowest BCUT2D eigenvalue weighted by Crippen LogP contribution is -2.27. The highest BCUT2D eigenvalue weighted by Crippen LogP contribution is 2.25. The summed E-state index contributed by atoms with van der Waals surface area (Å²) < 4.78 is 0. The van der Waals surface area contributed by atoms with Gasteiger partial charge in [0.1, 0.15) is 0 Å². The van der Waals surface area contributed by atoms with E-state index in [-0.39, 0.29) is 5.54 Å². The van der Waals surface area contributed by atoms with Gasteiger partial charge in [-0.25, -0.2) is 0 Å². The lowest BCUT2D eigenvalue weighted by molar-refractivity contribution is 0.610. The second-order valence-electron chi connectivity index (χ2n) is 4.74. The molecule has 0 radical (unpaired) electrons. The van der Waals surface area contributed by atoms with Crippen molar-refractivity contribution < 1.29 is 0 Å². The van der Waals surface area contributed by atoms with Crippen LogP contribution in [0.15, 0.2) is 54.6 Å². The predicted octanol–water partition coefficient (Wildman–Crippen LogP) is 3.62. The van der Waals surface area contributed by atoms with Gasteiger partial charge in [0.15, 0.2) is 0 Å². The molecule has 0 aromatic heterocycles. The van der Waals surface area contributed by atoms with Crippen molar-refractivity contribution in [2.75, 3.05) is 11.1 Å². The average Bonchev–Trinajstić information content (AvgIpc) is 2.30. The van der Waals surface area contributed by atoms with Gasteiger partial charge in [-0.1, -0.05) is 30.3 Å². The Balaban J connectivity index is 2.21. The van der Waals surface area contributed by atoms with E-state index in [0.717, 1.165) is 11.4 Å². The maximum Gasteiger partial charge on any atom is 0.0569 e. The molecule has 17 heavy (non-hydrogen) atoms. The first kappa shape index (κ1) is 11.5. The highest BCUT2D eigenvalue weighted by Gasteiger charge is 2.19. The molecule has 0 aliphatic carbocycles. The molecule has 2 heteroatoms. The van der Waals surface area contributed by atoms with E-state index in [4.69, 9.17) is 5.73 Å². The molecule has 2 nitrogen and oxygen atoms in total. The van der Waals surface area contributed by atoms with Crippen LogP contribution in [-0.4, -0.2) is 0 Å². The monoisotopic (exact) mass is 226 g/mol. The zero-order valence-electron chi connectivity index (χ0n) is 10.3. The molecule has 0 amide bonds. The highest BCUT2D eigenvalue weighted by molar-refractivity contribution is 5.49. The summed E-state index contributed by atoms with van der Waals surface area (Å²) in [6.07, 6.45) is 0. The first-order valence-electron chi connectivity index (χ1n) is 5.77. The Labute approximate surface area is 102 Å². The van der Waals surface area contributed by atoms with Crippen LogP contribution < -0.4 is 11.1 Å². The van der Waals surface area contributed by atoms with E-state index in [1.807, 2.05) is 30.3 Å². The molecule has 0 spiro atoms. The minimum absolute atomic E-state index is 0.116. The number of anilines is 2. The standard InChI is InChI=1S/C15H18N2/c1-15(2,12-8-10-13(16)11-9-12)17-14-6-4-3-5-7-14/h3-11,17H,16H2,1-2H3. The van der Waals surface area contributed by atoms with E-state index in [0.29, 0.717) is 0 Å². The number of nitrogens with two attached hydrogens (primary N) is 1. The van der Waals surface area contributed by atoms with Crippen LogP contribution >= 0.6 is 0 Å². The van der Waals surface area contributed by atoms with Gasteiger partial charge in [0.2, 0.25) is 0 Å². The van der Waals surface area contributed by atoms with E-state index >= 15 is 0 Å². The molecule has 2 aromatic carbocycles. The van der Waals surface area contributed by atoms with Crippen LogP contribution in [0.2, 0.25) is 0 Å². The topological polar surface area (TPSA) is 38.0 Å². The van der Waals surface area contributed by atoms with E-state index in [1.54, 1.807) is 0 Å². The van der Waals surface area contributed by atoms with Crippen molar-refractivity contribution in [1.82, 2.24) is 0 Å². The molecule has 0 fully saturated rings. The molecule has 3 N–H and O–H groups in total. The number of hydrogen-bond donors (Lipinski definition) is 2. The average molecular weight is 226 g/mol. The molecule has 0 atom stereocenters. The van der Waals surface area contributed by atoms with Crippen molar-refractivity contribution in [1.29, 1.82) is 0 Å². The Morgan fingerprint density at radius 2 is 1.47 bits per heavy atom. The van der Waals surface area contributed by atoms with Gasteiger partial charge in [-0.3, -0.25) is 0 Å². The molecular weight excluding hydrogens is 208 g/mol. The van der Waals surface area contributed by atoms with Crippen LogP contribution in [-0.2, 0) is 5.54 Å². The minimum Gasteiger partial charge on any atom is -0.399 e. The van der Waals surface area contributed by atoms with Crippen LogP contribution in [0.1, 0.15) is 19.4 Å². The molecule has 0 aliphatic rings. The largest absolute Gasteiger partial charge is 0.399 e. The Morgan fingerprint density at radius 3 is 2.06 bits per heavy atom. The lowest BCUT2D eigenvalue weighted by atomic mass is 9.93. The van der Waals surface area contributed by atoms with Crippen molar-refractivity contribution in [2.45, 2.75) is 19.4 Å². The van der Waals surface area contributed by atoms with Gasteiger partial charge < -0.3 is 11.1 Å². The summed E-state index contributed by atoms with van der Waals surface area (Å²) in [4.78, 5) is 0. The summed E-state index contributed by atoms with van der Waals surface area (Å²) in [7, 11) is 0.